The van der Waals surface area contributed by atoms with Crippen molar-refractivity contribution in [3.63, 3.8) is 0 Å². The van der Waals surface area contributed by atoms with E-state index in [9.17, 15) is 0 Å². The van der Waals surface area contributed by atoms with Crippen LogP contribution in [0.4, 0.5) is 5.69 Å². The fourth-order valence-corrected chi connectivity index (χ4v) is 1.90. The van der Waals surface area contributed by atoms with Gasteiger partial charge in [0.05, 0.1) is 7.11 Å². The largest absolute Gasteiger partial charge is 0.496 e. The summed E-state index contributed by atoms with van der Waals surface area (Å²) >= 11 is 0. The van der Waals surface area contributed by atoms with Crippen LogP contribution in [-0.4, -0.2) is 7.11 Å². The summed E-state index contributed by atoms with van der Waals surface area (Å²) in [6.07, 6.45) is 0. The molecule has 0 atom stereocenters. The highest BCUT2D eigenvalue weighted by atomic mass is 16.5. The molecule has 0 spiro atoms. The van der Waals surface area contributed by atoms with E-state index in [2.05, 4.69) is 49.5 Å². The van der Waals surface area contributed by atoms with Crippen molar-refractivity contribution >= 4 is 5.69 Å². The highest BCUT2D eigenvalue weighted by Crippen LogP contribution is 2.21. The van der Waals surface area contributed by atoms with Gasteiger partial charge in [-0.1, -0.05) is 29.8 Å². The first kappa shape index (κ1) is 12.5. The molecular weight excluding hydrogens is 222 g/mol. The second kappa shape index (κ2) is 5.58. The van der Waals surface area contributed by atoms with Gasteiger partial charge < -0.3 is 10.1 Å². The molecule has 0 bridgehead atoms. The average Bonchev–Trinajstić information content (AvgIpc) is 2.38. The predicted molar refractivity (Wildman–Crippen MR) is 76.2 cm³/mol. The van der Waals surface area contributed by atoms with Gasteiger partial charge >= 0.3 is 0 Å². The molecule has 0 heterocycles. The quantitative estimate of drug-likeness (QED) is 0.875. The third kappa shape index (κ3) is 3.04. The van der Waals surface area contributed by atoms with Crippen LogP contribution in [-0.2, 0) is 6.54 Å². The molecule has 0 aliphatic heterocycles. The number of hydrogen-bond acceptors (Lipinski definition) is 2. The normalized spacial score (nSPS) is 10.2. The van der Waals surface area contributed by atoms with Gasteiger partial charge in [0, 0.05) is 12.2 Å². The Balaban J connectivity index is 2.02. The molecule has 0 aromatic heterocycles. The lowest BCUT2D eigenvalue weighted by atomic mass is 10.1. The average molecular weight is 241 g/mol. The van der Waals surface area contributed by atoms with Gasteiger partial charge in [0.2, 0.25) is 0 Å². The van der Waals surface area contributed by atoms with Gasteiger partial charge in [0.25, 0.3) is 0 Å². The number of anilines is 1. The van der Waals surface area contributed by atoms with Crippen LogP contribution in [0.2, 0.25) is 0 Å². The summed E-state index contributed by atoms with van der Waals surface area (Å²) in [5, 5.41) is 3.42. The Kier molecular flexibility index (Phi) is 3.88. The molecule has 0 saturated carbocycles. The first-order valence-corrected chi connectivity index (χ1v) is 6.13. The van der Waals surface area contributed by atoms with Crippen molar-refractivity contribution in [3.05, 3.63) is 59.2 Å². The standard InChI is InChI=1S/C16H19NO/c1-12-4-6-14(7-5-12)11-17-15-8-9-16(18-3)13(2)10-15/h4-10,17H,11H2,1-3H3. The number of ether oxygens (including phenoxy) is 1. The summed E-state index contributed by atoms with van der Waals surface area (Å²) in [4.78, 5) is 0. The first-order chi connectivity index (χ1) is 8.69. The molecule has 0 saturated heterocycles. The first-order valence-electron chi connectivity index (χ1n) is 6.13. The van der Waals surface area contributed by atoms with Crippen LogP contribution in [0.5, 0.6) is 5.75 Å². The molecule has 94 valence electrons. The Morgan fingerprint density at radius 1 is 1.00 bits per heavy atom. The van der Waals surface area contributed by atoms with Crippen molar-refractivity contribution in [2.45, 2.75) is 20.4 Å². The molecule has 0 aliphatic rings. The molecular formula is C16H19NO. The van der Waals surface area contributed by atoms with E-state index in [1.807, 2.05) is 12.1 Å². The van der Waals surface area contributed by atoms with Crippen molar-refractivity contribution < 1.29 is 4.74 Å². The minimum atomic E-state index is 0.839. The maximum absolute atomic E-state index is 5.25. The number of rotatable bonds is 4. The summed E-state index contributed by atoms with van der Waals surface area (Å²) in [5.74, 6) is 0.927. The molecule has 2 heteroatoms. The number of benzene rings is 2. The lowest BCUT2D eigenvalue weighted by molar-refractivity contribution is 0.412. The molecule has 2 rings (SSSR count). The number of aryl methyl sites for hydroxylation is 2. The van der Waals surface area contributed by atoms with Gasteiger partial charge in [0.1, 0.15) is 5.75 Å². The summed E-state index contributed by atoms with van der Waals surface area (Å²) in [6.45, 7) is 4.99. The maximum Gasteiger partial charge on any atom is 0.121 e. The van der Waals surface area contributed by atoms with Crippen molar-refractivity contribution in [2.75, 3.05) is 12.4 Å². The highest BCUT2D eigenvalue weighted by Gasteiger charge is 1.99. The number of methoxy groups -OCH3 is 1. The van der Waals surface area contributed by atoms with Crippen molar-refractivity contribution in [2.24, 2.45) is 0 Å². The Morgan fingerprint density at radius 3 is 2.33 bits per heavy atom. The maximum atomic E-state index is 5.25. The van der Waals surface area contributed by atoms with Crippen LogP contribution in [0.1, 0.15) is 16.7 Å². The summed E-state index contributed by atoms with van der Waals surface area (Å²) in [7, 11) is 1.70. The zero-order valence-electron chi connectivity index (χ0n) is 11.2. The van der Waals surface area contributed by atoms with Crippen molar-refractivity contribution in [1.82, 2.24) is 0 Å². The zero-order chi connectivity index (χ0) is 13.0. The Labute approximate surface area is 109 Å². The molecule has 18 heavy (non-hydrogen) atoms. The van der Waals surface area contributed by atoms with Crippen molar-refractivity contribution in [3.8, 4) is 5.75 Å². The van der Waals surface area contributed by atoms with Gasteiger partial charge in [-0.25, -0.2) is 0 Å². The van der Waals surface area contributed by atoms with Gasteiger partial charge in [-0.2, -0.15) is 0 Å². The molecule has 2 nitrogen and oxygen atoms in total. The van der Waals surface area contributed by atoms with Crippen LogP contribution in [0, 0.1) is 13.8 Å². The molecule has 0 radical (unpaired) electrons. The molecule has 0 fully saturated rings. The monoisotopic (exact) mass is 241 g/mol. The SMILES string of the molecule is COc1ccc(NCc2ccc(C)cc2)cc1C. The lowest BCUT2D eigenvalue weighted by Gasteiger charge is -2.10. The molecule has 0 aliphatic carbocycles. The smallest absolute Gasteiger partial charge is 0.121 e. The highest BCUT2D eigenvalue weighted by molar-refractivity contribution is 5.51. The lowest BCUT2D eigenvalue weighted by Crippen LogP contribution is -2.00. The topological polar surface area (TPSA) is 21.3 Å². The number of nitrogens with one attached hydrogen (secondary N) is 1. The van der Waals surface area contributed by atoms with E-state index < -0.39 is 0 Å². The third-order valence-corrected chi connectivity index (χ3v) is 3.01. The van der Waals surface area contributed by atoms with Gasteiger partial charge in [0.15, 0.2) is 0 Å². The molecule has 0 amide bonds. The number of hydrogen-bond donors (Lipinski definition) is 1. The second-order valence-corrected chi connectivity index (χ2v) is 4.52. The van der Waals surface area contributed by atoms with E-state index in [0.717, 1.165) is 23.5 Å². The second-order valence-electron chi connectivity index (χ2n) is 4.52. The predicted octanol–water partition coefficient (Wildman–Crippen LogP) is 3.92. The summed E-state index contributed by atoms with van der Waals surface area (Å²) in [5.41, 5.74) is 4.84. The van der Waals surface area contributed by atoms with Crippen molar-refractivity contribution in [1.29, 1.82) is 0 Å². The van der Waals surface area contributed by atoms with Crippen LogP contribution in [0.3, 0.4) is 0 Å². The fraction of sp³-hybridized carbons (Fsp3) is 0.250. The van der Waals surface area contributed by atoms with Gasteiger partial charge in [-0.3, -0.25) is 0 Å². The van der Waals surface area contributed by atoms with E-state index in [1.165, 1.54) is 11.1 Å². The van der Waals surface area contributed by atoms with E-state index in [0.29, 0.717) is 0 Å². The Morgan fingerprint density at radius 2 is 1.72 bits per heavy atom. The van der Waals surface area contributed by atoms with Crippen LogP contribution in [0.25, 0.3) is 0 Å². The Hall–Kier alpha value is -1.96. The van der Waals surface area contributed by atoms with E-state index in [-0.39, 0.29) is 0 Å². The third-order valence-electron chi connectivity index (χ3n) is 3.01. The van der Waals surface area contributed by atoms with E-state index >= 15 is 0 Å². The van der Waals surface area contributed by atoms with Crippen LogP contribution >= 0.6 is 0 Å². The summed E-state index contributed by atoms with van der Waals surface area (Å²) in [6, 6.07) is 14.7. The molecule has 1 N–H and O–H groups in total. The van der Waals surface area contributed by atoms with E-state index in [1.54, 1.807) is 7.11 Å². The van der Waals surface area contributed by atoms with Gasteiger partial charge in [-0.05, 0) is 43.2 Å². The minimum Gasteiger partial charge on any atom is -0.496 e. The van der Waals surface area contributed by atoms with E-state index in [4.69, 9.17) is 4.74 Å². The molecule has 0 unspecified atom stereocenters. The van der Waals surface area contributed by atoms with Gasteiger partial charge in [-0.15, -0.1) is 0 Å². The van der Waals surface area contributed by atoms with Crippen LogP contribution in [0.15, 0.2) is 42.5 Å². The minimum absolute atomic E-state index is 0.839. The zero-order valence-corrected chi connectivity index (χ0v) is 11.2. The molecule has 2 aromatic carbocycles. The fourth-order valence-electron chi connectivity index (χ4n) is 1.90. The molecule has 2 aromatic rings. The Bertz CT molecular complexity index is 517. The summed E-state index contributed by atoms with van der Waals surface area (Å²) < 4.78 is 5.25. The van der Waals surface area contributed by atoms with Crippen LogP contribution < -0.4 is 10.1 Å².